The number of halogens is 3. The minimum Gasteiger partial charge on any atom is -0.405 e. The number of hydrogen-bond donors (Lipinski definition) is 2. The predicted octanol–water partition coefficient (Wildman–Crippen LogP) is 2.61. The maximum absolute atomic E-state index is 12.5. The molecule has 0 bridgehead atoms. The molecule has 9 heteroatoms. The minimum atomic E-state index is -4.71. The van der Waals surface area contributed by atoms with Crippen LogP contribution in [0.3, 0.4) is 0 Å². The van der Waals surface area contributed by atoms with E-state index in [2.05, 4.69) is 25.3 Å². The summed E-state index contributed by atoms with van der Waals surface area (Å²) in [4.78, 5) is 6.55. The Bertz CT molecular complexity index is 617. The van der Waals surface area contributed by atoms with E-state index in [0.717, 1.165) is 45.6 Å². The van der Waals surface area contributed by atoms with E-state index in [-0.39, 0.29) is 12.3 Å². The molecule has 1 aliphatic rings. The summed E-state index contributed by atoms with van der Waals surface area (Å²) in [6.07, 6.45) is -2.53. The molecule has 1 heterocycles. The Hall–Kier alpha value is -2.00. The maximum atomic E-state index is 12.5. The fourth-order valence-corrected chi connectivity index (χ4v) is 3.15. The zero-order valence-electron chi connectivity index (χ0n) is 16.4. The first-order valence-corrected chi connectivity index (χ1v) is 9.40. The van der Waals surface area contributed by atoms with Gasteiger partial charge in [0.15, 0.2) is 5.96 Å². The number of guanidine groups is 1. The number of nitrogens with zero attached hydrogens (tertiary/aromatic N) is 2. The van der Waals surface area contributed by atoms with Crippen molar-refractivity contribution >= 4 is 5.96 Å². The van der Waals surface area contributed by atoms with Crippen molar-refractivity contribution in [3.63, 3.8) is 0 Å². The Kier molecular flexibility index (Phi) is 8.85. The van der Waals surface area contributed by atoms with Crippen molar-refractivity contribution in [2.75, 3.05) is 46.9 Å². The third kappa shape index (κ3) is 7.93. The lowest BCUT2D eigenvalue weighted by Crippen LogP contribution is -2.43. The van der Waals surface area contributed by atoms with E-state index in [1.165, 1.54) is 12.1 Å². The first kappa shape index (κ1) is 22.3. The van der Waals surface area contributed by atoms with E-state index in [0.29, 0.717) is 17.4 Å². The van der Waals surface area contributed by atoms with E-state index < -0.39 is 6.36 Å². The van der Waals surface area contributed by atoms with Gasteiger partial charge in [0.2, 0.25) is 0 Å². The van der Waals surface area contributed by atoms with Crippen LogP contribution in [-0.2, 0) is 11.3 Å². The Morgan fingerprint density at radius 1 is 1.21 bits per heavy atom. The van der Waals surface area contributed by atoms with Gasteiger partial charge in [0, 0.05) is 39.4 Å². The molecule has 0 saturated carbocycles. The lowest BCUT2D eigenvalue weighted by atomic mass is 9.97. The standard InChI is InChI=1S/C19H29F3N4O2/c1-23-18(24-13-15-7-9-26(10-8-15)11-12-27-2)25-14-16-5-3-4-6-17(16)28-19(20,21)22/h3-6,15H,7-14H2,1-2H3,(H2,23,24,25). The molecule has 2 rings (SSSR count). The summed E-state index contributed by atoms with van der Waals surface area (Å²) in [5.74, 6) is 0.892. The van der Waals surface area contributed by atoms with Crippen LogP contribution in [0.5, 0.6) is 5.75 Å². The number of nitrogens with one attached hydrogen (secondary N) is 2. The smallest absolute Gasteiger partial charge is 0.405 e. The molecule has 1 aliphatic heterocycles. The molecular formula is C19H29F3N4O2. The molecule has 0 spiro atoms. The molecule has 2 N–H and O–H groups in total. The number of alkyl halides is 3. The molecule has 1 aromatic carbocycles. The number of likely N-dealkylation sites (tertiary alicyclic amines) is 1. The van der Waals surface area contributed by atoms with Gasteiger partial charge in [-0.05, 0) is 37.9 Å². The minimum absolute atomic E-state index is 0.182. The van der Waals surface area contributed by atoms with Gasteiger partial charge in [-0.3, -0.25) is 4.99 Å². The molecule has 0 unspecified atom stereocenters. The van der Waals surface area contributed by atoms with Gasteiger partial charge in [0.05, 0.1) is 6.61 Å². The molecule has 0 atom stereocenters. The predicted molar refractivity (Wildman–Crippen MR) is 102 cm³/mol. The molecule has 1 aromatic rings. The first-order valence-electron chi connectivity index (χ1n) is 9.40. The van der Waals surface area contributed by atoms with Crippen LogP contribution in [-0.4, -0.2) is 64.2 Å². The van der Waals surface area contributed by atoms with Crippen molar-refractivity contribution in [2.45, 2.75) is 25.7 Å². The second-order valence-electron chi connectivity index (χ2n) is 6.74. The largest absolute Gasteiger partial charge is 0.573 e. The van der Waals surface area contributed by atoms with Crippen molar-refractivity contribution in [1.29, 1.82) is 0 Å². The summed E-state index contributed by atoms with van der Waals surface area (Å²) in [6.45, 7) is 4.76. The van der Waals surface area contributed by atoms with Gasteiger partial charge >= 0.3 is 6.36 Å². The molecule has 0 aromatic heterocycles. The summed E-state index contributed by atoms with van der Waals surface area (Å²) < 4.78 is 46.8. The lowest BCUT2D eigenvalue weighted by molar-refractivity contribution is -0.274. The number of ether oxygens (including phenoxy) is 2. The van der Waals surface area contributed by atoms with Crippen molar-refractivity contribution in [1.82, 2.24) is 15.5 Å². The van der Waals surface area contributed by atoms with Crippen LogP contribution in [0.4, 0.5) is 13.2 Å². The van der Waals surface area contributed by atoms with Gasteiger partial charge in [-0.2, -0.15) is 0 Å². The zero-order valence-corrected chi connectivity index (χ0v) is 16.4. The van der Waals surface area contributed by atoms with Gasteiger partial charge < -0.3 is 25.0 Å². The topological polar surface area (TPSA) is 58.1 Å². The van der Waals surface area contributed by atoms with Gasteiger partial charge in [-0.1, -0.05) is 18.2 Å². The van der Waals surface area contributed by atoms with Crippen molar-refractivity contribution in [3.8, 4) is 5.75 Å². The summed E-state index contributed by atoms with van der Waals surface area (Å²) in [7, 11) is 3.35. The van der Waals surface area contributed by atoms with Crippen LogP contribution in [0.15, 0.2) is 29.3 Å². The number of piperidine rings is 1. The van der Waals surface area contributed by atoms with Crippen LogP contribution in [0.1, 0.15) is 18.4 Å². The second-order valence-corrected chi connectivity index (χ2v) is 6.74. The van der Waals surface area contributed by atoms with Crippen LogP contribution in [0, 0.1) is 5.92 Å². The highest BCUT2D eigenvalue weighted by atomic mass is 19.4. The average molecular weight is 402 g/mol. The van der Waals surface area contributed by atoms with E-state index in [4.69, 9.17) is 4.74 Å². The van der Waals surface area contributed by atoms with Crippen LogP contribution >= 0.6 is 0 Å². The van der Waals surface area contributed by atoms with Crippen molar-refractivity contribution in [2.24, 2.45) is 10.9 Å². The fraction of sp³-hybridized carbons (Fsp3) is 0.632. The normalized spacial score (nSPS) is 16.8. The first-order chi connectivity index (χ1) is 13.4. The summed E-state index contributed by atoms with van der Waals surface area (Å²) in [5.41, 5.74) is 0.411. The lowest BCUT2D eigenvalue weighted by Gasteiger charge is -2.32. The number of para-hydroxylation sites is 1. The molecule has 28 heavy (non-hydrogen) atoms. The van der Waals surface area contributed by atoms with Gasteiger partial charge in [0.1, 0.15) is 5.75 Å². The quantitative estimate of drug-likeness (QED) is 0.517. The van der Waals surface area contributed by atoms with Gasteiger partial charge in [0.25, 0.3) is 0 Å². The van der Waals surface area contributed by atoms with Crippen LogP contribution in [0.2, 0.25) is 0 Å². The molecule has 0 amide bonds. The maximum Gasteiger partial charge on any atom is 0.573 e. The molecule has 1 saturated heterocycles. The Morgan fingerprint density at radius 2 is 1.93 bits per heavy atom. The third-order valence-electron chi connectivity index (χ3n) is 4.75. The van der Waals surface area contributed by atoms with Gasteiger partial charge in [-0.25, -0.2) is 0 Å². The molecule has 0 aliphatic carbocycles. The molecule has 1 fully saturated rings. The van der Waals surface area contributed by atoms with Crippen LogP contribution < -0.4 is 15.4 Å². The third-order valence-corrected chi connectivity index (χ3v) is 4.75. The van der Waals surface area contributed by atoms with E-state index in [1.807, 2.05) is 0 Å². The second kappa shape index (κ2) is 11.1. The number of benzene rings is 1. The SMILES string of the molecule is CN=C(NCc1ccccc1OC(F)(F)F)NCC1CCN(CCOC)CC1. The molecule has 158 valence electrons. The Balaban J connectivity index is 1.77. The molecule has 0 radical (unpaired) electrons. The van der Waals surface area contributed by atoms with Crippen molar-refractivity contribution in [3.05, 3.63) is 29.8 Å². The highest BCUT2D eigenvalue weighted by molar-refractivity contribution is 5.79. The molecule has 6 nitrogen and oxygen atoms in total. The number of methoxy groups -OCH3 is 1. The number of hydrogen-bond acceptors (Lipinski definition) is 4. The monoisotopic (exact) mass is 402 g/mol. The Labute approximate surface area is 164 Å². The number of rotatable bonds is 8. The van der Waals surface area contributed by atoms with E-state index in [9.17, 15) is 13.2 Å². The fourth-order valence-electron chi connectivity index (χ4n) is 3.15. The van der Waals surface area contributed by atoms with Gasteiger partial charge in [-0.15, -0.1) is 13.2 Å². The molecular weight excluding hydrogens is 373 g/mol. The van der Waals surface area contributed by atoms with E-state index >= 15 is 0 Å². The summed E-state index contributed by atoms with van der Waals surface area (Å²) >= 11 is 0. The van der Waals surface area contributed by atoms with E-state index in [1.54, 1.807) is 26.3 Å². The summed E-state index contributed by atoms with van der Waals surface area (Å²) in [6, 6.07) is 6.08. The van der Waals surface area contributed by atoms with Crippen LogP contribution in [0.25, 0.3) is 0 Å². The van der Waals surface area contributed by atoms with Crippen molar-refractivity contribution < 1.29 is 22.6 Å². The average Bonchev–Trinajstić information content (AvgIpc) is 2.67. The summed E-state index contributed by atoms with van der Waals surface area (Å²) in [5, 5.41) is 6.32. The zero-order chi connectivity index (χ0) is 20.4. The Morgan fingerprint density at radius 3 is 2.57 bits per heavy atom. The number of aliphatic imine (C=N–C) groups is 1. The highest BCUT2D eigenvalue weighted by Crippen LogP contribution is 2.26. The highest BCUT2D eigenvalue weighted by Gasteiger charge is 2.32.